The lowest BCUT2D eigenvalue weighted by Gasteiger charge is -2.08. The highest BCUT2D eigenvalue weighted by Gasteiger charge is 2.07. The van der Waals surface area contributed by atoms with Crippen molar-refractivity contribution in [2.75, 3.05) is 6.54 Å². The molecule has 0 saturated carbocycles. The summed E-state index contributed by atoms with van der Waals surface area (Å²) in [4.78, 5) is 23.9. The molecule has 3 N–H and O–H groups in total. The highest BCUT2D eigenvalue weighted by atomic mass is 16.3. The molecule has 2 aromatic rings. The molecule has 0 saturated heterocycles. The molecule has 0 aliphatic rings. The third-order valence-corrected chi connectivity index (χ3v) is 4.13. The Morgan fingerprint density at radius 2 is 1.73 bits per heavy atom. The van der Waals surface area contributed by atoms with E-state index in [1.165, 1.54) is 0 Å². The van der Waals surface area contributed by atoms with Crippen LogP contribution in [0.25, 0.3) is 0 Å². The van der Waals surface area contributed by atoms with Crippen LogP contribution in [0.4, 0.5) is 0 Å². The number of nitrogens with one attached hydrogen (secondary N) is 2. The van der Waals surface area contributed by atoms with Crippen LogP contribution in [0.5, 0.6) is 5.75 Å². The van der Waals surface area contributed by atoms with Gasteiger partial charge in [0.1, 0.15) is 5.75 Å². The molecule has 0 aliphatic heterocycles. The number of para-hydroxylation sites is 1. The minimum Gasteiger partial charge on any atom is -0.508 e. The van der Waals surface area contributed by atoms with Crippen molar-refractivity contribution in [2.45, 2.75) is 39.2 Å². The van der Waals surface area contributed by atoms with Crippen LogP contribution in [-0.2, 0) is 17.8 Å². The Hall–Kier alpha value is -2.82. The number of unbranched alkanes of at least 4 members (excludes halogenated alkanes) is 1. The number of carbonyl (C=O) groups excluding carboxylic acids is 2. The van der Waals surface area contributed by atoms with Crippen molar-refractivity contribution in [3.8, 4) is 5.75 Å². The van der Waals surface area contributed by atoms with Crippen molar-refractivity contribution in [3.05, 3.63) is 65.2 Å². The highest BCUT2D eigenvalue weighted by Crippen LogP contribution is 2.17. The average molecular weight is 354 g/mol. The second-order valence-electron chi connectivity index (χ2n) is 6.21. The van der Waals surface area contributed by atoms with E-state index < -0.39 is 0 Å². The lowest BCUT2D eigenvalue weighted by Crippen LogP contribution is -2.25. The summed E-state index contributed by atoms with van der Waals surface area (Å²) < 4.78 is 0. The van der Waals surface area contributed by atoms with Crippen LogP contribution in [0.15, 0.2) is 48.5 Å². The van der Waals surface area contributed by atoms with E-state index in [1.54, 1.807) is 24.3 Å². The van der Waals surface area contributed by atoms with Gasteiger partial charge in [-0.3, -0.25) is 9.59 Å². The van der Waals surface area contributed by atoms with Crippen molar-refractivity contribution in [1.29, 1.82) is 0 Å². The zero-order valence-electron chi connectivity index (χ0n) is 15.1. The van der Waals surface area contributed by atoms with E-state index >= 15 is 0 Å². The molecule has 5 heteroatoms. The van der Waals surface area contributed by atoms with E-state index in [-0.39, 0.29) is 17.6 Å². The zero-order valence-corrected chi connectivity index (χ0v) is 15.1. The second kappa shape index (κ2) is 10.2. The zero-order chi connectivity index (χ0) is 18.8. The second-order valence-corrected chi connectivity index (χ2v) is 6.21. The fourth-order valence-corrected chi connectivity index (χ4v) is 2.51. The molecule has 2 rings (SSSR count). The molecule has 0 heterocycles. The Labute approximate surface area is 154 Å². The van der Waals surface area contributed by atoms with Crippen molar-refractivity contribution < 1.29 is 14.7 Å². The van der Waals surface area contributed by atoms with Crippen molar-refractivity contribution in [2.24, 2.45) is 0 Å². The normalized spacial score (nSPS) is 10.3. The van der Waals surface area contributed by atoms with Gasteiger partial charge in [0.15, 0.2) is 0 Å². The standard InChI is InChI=1S/C21H26N2O3/c1-2-3-14-22-21(26)18-10-8-16(9-11-18)15-23-20(25)13-12-17-6-4-5-7-19(17)24/h4-11,24H,2-3,12-15H2,1H3,(H,22,26)(H,23,25). The molecular formula is C21H26N2O3. The van der Waals surface area contributed by atoms with Gasteiger partial charge in [-0.05, 0) is 42.2 Å². The number of carbonyl (C=O) groups is 2. The SMILES string of the molecule is CCCCNC(=O)c1ccc(CNC(=O)CCc2ccccc2O)cc1. The molecular weight excluding hydrogens is 328 g/mol. The summed E-state index contributed by atoms with van der Waals surface area (Å²) >= 11 is 0. The van der Waals surface area contributed by atoms with Crippen LogP contribution in [-0.4, -0.2) is 23.5 Å². The summed E-state index contributed by atoms with van der Waals surface area (Å²) in [5.41, 5.74) is 2.32. The first kappa shape index (κ1) is 19.5. The van der Waals surface area contributed by atoms with Crippen LogP contribution >= 0.6 is 0 Å². The van der Waals surface area contributed by atoms with E-state index in [1.807, 2.05) is 24.3 Å². The Kier molecular flexibility index (Phi) is 7.68. The largest absolute Gasteiger partial charge is 0.508 e. The molecule has 26 heavy (non-hydrogen) atoms. The number of hydrogen-bond acceptors (Lipinski definition) is 3. The Bertz CT molecular complexity index is 726. The number of rotatable bonds is 9. The molecule has 0 atom stereocenters. The first-order chi connectivity index (χ1) is 12.6. The molecule has 0 unspecified atom stereocenters. The fraction of sp³-hybridized carbons (Fsp3) is 0.333. The van der Waals surface area contributed by atoms with E-state index in [0.717, 1.165) is 24.0 Å². The maximum atomic E-state index is 12.0. The van der Waals surface area contributed by atoms with Crippen LogP contribution in [0.3, 0.4) is 0 Å². The van der Waals surface area contributed by atoms with E-state index in [0.29, 0.717) is 31.5 Å². The quantitative estimate of drug-likeness (QED) is 0.605. The minimum atomic E-state index is -0.0744. The third-order valence-electron chi connectivity index (χ3n) is 4.13. The van der Waals surface area contributed by atoms with Crippen molar-refractivity contribution >= 4 is 11.8 Å². The Morgan fingerprint density at radius 3 is 2.42 bits per heavy atom. The molecule has 138 valence electrons. The van der Waals surface area contributed by atoms with Crippen molar-refractivity contribution in [3.63, 3.8) is 0 Å². The number of aromatic hydroxyl groups is 1. The average Bonchev–Trinajstić information content (AvgIpc) is 2.66. The van der Waals surface area contributed by atoms with E-state index in [4.69, 9.17) is 0 Å². The van der Waals surface area contributed by atoms with Gasteiger partial charge < -0.3 is 15.7 Å². The maximum Gasteiger partial charge on any atom is 0.251 e. The predicted molar refractivity (Wildman–Crippen MR) is 102 cm³/mol. The summed E-state index contributed by atoms with van der Waals surface area (Å²) in [5.74, 6) is 0.0689. The van der Waals surface area contributed by atoms with Gasteiger partial charge >= 0.3 is 0 Å². The summed E-state index contributed by atoms with van der Waals surface area (Å²) in [5, 5.41) is 15.4. The van der Waals surface area contributed by atoms with Crippen LogP contribution in [0.1, 0.15) is 47.7 Å². The van der Waals surface area contributed by atoms with Gasteiger partial charge in [0.25, 0.3) is 5.91 Å². The summed E-state index contributed by atoms with van der Waals surface area (Å²) in [6.45, 7) is 3.18. The topological polar surface area (TPSA) is 78.4 Å². The maximum absolute atomic E-state index is 12.0. The predicted octanol–water partition coefficient (Wildman–Crippen LogP) is 3.17. The lowest BCUT2D eigenvalue weighted by atomic mass is 10.1. The van der Waals surface area contributed by atoms with Gasteiger partial charge in [-0.1, -0.05) is 43.7 Å². The minimum absolute atomic E-state index is 0.0725. The highest BCUT2D eigenvalue weighted by molar-refractivity contribution is 5.94. The molecule has 0 bridgehead atoms. The first-order valence-corrected chi connectivity index (χ1v) is 9.01. The van der Waals surface area contributed by atoms with Crippen LogP contribution in [0, 0.1) is 0 Å². The number of phenolic OH excluding ortho intramolecular Hbond substituents is 1. The van der Waals surface area contributed by atoms with Crippen molar-refractivity contribution in [1.82, 2.24) is 10.6 Å². The molecule has 0 radical (unpaired) electrons. The van der Waals surface area contributed by atoms with Gasteiger partial charge in [-0.25, -0.2) is 0 Å². The molecule has 0 aromatic heterocycles. The third kappa shape index (κ3) is 6.24. The lowest BCUT2D eigenvalue weighted by molar-refractivity contribution is -0.121. The Balaban J connectivity index is 1.75. The monoisotopic (exact) mass is 354 g/mol. The number of aryl methyl sites for hydroxylation is 1. The Morgan fingerprint density at radius 1 is 1.00 bits per heavy atom. The van der Waals surface area contributed by atoms with Gasteiger partial charge in [0.05, 0.1) is 0 Å². The summed E-state index contributed by atoms with van der Waals surface area (Å²) in [6.07, 6.45) is 2.82. The van der Waals surface area contributed by atoms with E-state index in [2.05, 4.69) is 17.6 Å². The molecule has 0 aliphatic carbocycles. The smallest absolute Gasteiger partial charge is 0.251 e. The summed E-state index contributed by atoms with van der Waals surface area (Å²) in [6, 6.07) is 14.3. The summed E-state index contributed by atoms with van der Waals surface area (Å²) in [7, 11) is 0. The number of amides is 2. The number of hydrogen-bond donors (Lipinski definition) is 3. The van der Waals surface area contributed by atoms with Gasteiger partial charge in [-0.15, -0.1) is 0 Å². The molecule has 2 amide bonds. The molecule has 0 spiro atoms. The van der Waals surface area contributed by atoms with Crippen LogP contribution in [0.2, 0.25) is 0 Å². The van der Waals surface area contributed by atoms with Gasteiger partial charge in [0, 0.05) is 25.1 Å². The molecule has 0 fully saturated rings. The number of benzene rings is 2. The number of phenols is 1. The fourth-order valence-electron chi connectivity index (χ4n) is 2.51. The first-order valence-electron chi connectivity index (χ1n) is 9.01. The van der Waals surface area contributed by atoms with Gasteiger partial charge in [-0.2, -0.15) is 0 Å². The van der Waals surface area contributed by atoms with Gasteiger partial charge in [0.2, 0.25) is 5.91 Å². The van der Waals surface area contributed by atoms with Crippen LogP contribution < -0.4 is 10.6 Å². The molecule has 5 nitrogen and oxygen atoms in total. The molecule has 2 aromatic carbocycles. The van der Waals surface area contributed by atoms with E-state index in [9.17, 15) is 14.7 Å².